The molecule has 0 unspecified atom stereocenters. The lowest BCUT2D eigenvalue weighted by molar-refractivity contribution is -0.384. The predicted molar refractivity (Wildman–Crippen MR) is 47.1 cm³/mol. The van der Waals surface area contributed by atoms with Crippen molar-refractivity contribution in [2.24, 2.45) is 7.05 Å². The summed E-state index contributed by atoms with van der Waals surface area (Å²) in [6.45, 7) is 1.33. The summed E-state index contributed by atoms with van der Waals surface area (Å²) < 4.78 is 1.29. The van der Waals surface area contributed by atoms with Crippen molar-refractivity contribution in [3.05, 3.63) is 27.0 Å². The Hall–Kier alpha value is -1.36. The molecule has 0 atom stereocenters. The van der Waals surface area contributed by atoms with Crippen LogP contribution in [0.3, 0.4) is 0 Å². The summed E-state index contributed by atoms with van der Waals surface area (Å²) in [4.78, 5) is 20.7. The number of ketones is 1. The predicted octanol–water partition coefficient (Wildman–Crippen LogP) is 1.79. The second-order valence-corrected chi connectivity index (χ2v) is 2.94. The van der Waals surface area contributed by atoms with E-state index >= 15 is 0 Å². The Morgan fingerprint density at radius 2 is 2.23 bits per heavy atom. The number of hydrogen-bond donors (Lipinski definition) is 0. The minimum atomic E-state index is -0.616. The van der Waals surface area contributed by atoms with E-state index in [1.54, 1.807) is 0 Å². The van der Waals surface area contributed by atoms with Crippen molar-refractivity contribution < 1.29 is 9.72 Å². The van der Waals surface area contributed by atoms with E-state index in [0.29, 0.717) is 0 Å². The lowest BCUT2D eigenvalue weighted by atomic mass is 10.3. The Kier molecular flexibility index (Phi) is 2.38. The van der Waals surface area contributed by atoms with Crippen molar-refractivity contribution in [3.63, 3.8) is 0 Å². The number of nitrogens with zero attached hydrogens (tertiary/aromatic N) is 2. The maximum Gasteiger partial charge on any atom is 0.306 e. The molecule has 5 nitrogen and oxygen atoms in total. The van der Waals surface area contributed by atoms with Gasteiger partial charge in [-0.3, -0.25) is 14.9 Å². The zero-order chi connectivity index (χ0) is 10.2. The fourth-order valence-corrected chi connectivity index (χ4v) is 1.24. The van der Waals surface area contributed by atoms with Crippen molar-refractivity contribution in [1.82, 2.24) is 4.57 Å². The third kappa shape index (κ3) is 1.55. The number of carbonyl (C=O) groups is 1. The largest absolute Gasteiger partial charge is 0.326 e. The van der Waals surface area contributed by atoms with Gasteiger partial charge in [0.15, 0.2) is 10.9 Å². The van der Waals surface area contributed by atoms with Crippen LogP contribution in [0.5, 0.6) is 0 Å². The van der Waals surface area contributed by atoms with Crippen molar-refractivity contribution in [2.75, 3.05) is 0 Å². The number of carbonyl (C=O) groups excluding carboxylic acids is 1. The van der Waals surface area contributed by atoms with E-state index in [4.69, 9.17) is 11.6 Å². The Balaban J connectivity index is 3.36. The Morgan fingerprint density at radius 1 is 1.69 bits per heavy atom. The summed E-state index contributed by atoms with van der Waals surface area (Å²) in [5, 5.41) is 10.4. The summed E-state index contributed by atoms with van der Waals surface area (Å²) in [5.41, 5.74) is -0.00827. The SMILES string of the molecule is CC(=O)c1cc([N+](=O)[O-])c(Cl)n1C. The molecular weight excluding hydrogens is 196 g/mol. The number of aromatic nitrogens is 1. The van der Waals surface area contributed by atoms with Gasteiger partial charge in [0.1, 0.15) is 0 Å². The van der Waals surface area contributed by atoms with Gasteiger partial charge in [-0.1, -0.05) is 11.6 Å². The molecule has 0 aliphatic heterocycles. The molecule has 1 rings (SSSR count). The first-order valence-electron chi connectivity index (χ1n) is 3.45. The molecule has 13 heavy (non-hydrogen) atoms. The number of nitro groups is 1. The van der Waals surface area contributed by atoms with Gasteiger partial charge in [0.05, 0.1) is 10.6 Å². The molecule has 0 fully saturated rings. The molecular formula is C7H7ClN2O3. The molecule has 0 saturated heterocycles. The summed E-state index contributed by atoms with van der Waals surface area (Å²) >= 11 is 5.62. The average molecular weight is 203 g/mol. The van der Waals surface area contributed by atoms with Crippen LogP contribution in [0, 0.1) is 10.1 Å². The number of Topliss-reactive ketones (excluding diaryl/α,β-unsaturated/α-hetero) is 1. The molecule has 1 heterocycles. The molecule has 0 aliphatic rings. The van der Waals surface area contributed by atoms with Gasteiger partial charge in [-0.15, -0.1) is 0 Å². The van der Waals surface area contributed by atoms with Crippen molar-refractivity contribution >= 4 is 23.1 Å². The van der Waals surface area contributed by atoms with Gasteiger partial charge in [0.2, 0.25) is 0 Å². The summed E-state index contributed by atoms with van der Waals surface area (Å²) in [7, 11) is 1.51. The highest BCUT2D eigenvalue weighted by atomic mass is 35.5. The highest BCUT2D eigenvalue weighted by Crippen LogP contribution is 2.27. The van der Waals surface area contributed by atoms with Crippen molar-refractivity contribution in [3.8, 4) is 0 Å². The highest BCUT2D eigenvalue weighted by molar-refractivity contribution is 6.32. The van der Waals surface area contributed by atoms with Crippen LogP contribution >= 0.6 is 11.6 Å². The van der Waals surface area contributed by atoms with Crippen LogP contribution in [0.2, 0.25) is 5.15 Å². The zero-order valence-electron chi connectivity index (χ0n) is 7.07. The molecule has 0 bridgehead atoms. The van der Waals surface area contributed by atoms with E-state index in [2.05, 4.69) is 0 Å². The molecule has 0 spiro atoms. The fourth-order valence-electron chi connectivity index (χ4n) is 1.03. The molecule has 0 aliphatic carbocycles. The molecule has 0 amide bonds. The van der Waals surface area contributed by atoms with E-state index in [1.807, 2.05) is 0 Å². The molecule has 0 aromatic carbocycles. The standard InChI is InChI=1S/C7H7ClN2O3/c1-4(11)5-3-6(10(12)13)7(8)9(5)2/h3H,1-2H3. The monoisotopic (exact) mass is 202 g/mol. The van der Waals surface area contributed by atoms with E-state index in [-0.39, 0.29) is 22.3 Å². The third-order valence-corrected chi connectivity index (χ3v) is 2.15. The van der Waals surface area contributed by atoms with Crippen LogP contribution in [0.15, 0.2) is 6.07 Å². The Bertz CT molecular complexity index is 349. The molecule has 6 heteroatoms. The van der Waals surface area contributed by atoms with Crippen molar-refractivity contribution in [1.29, 1.82) is 0 Å². The quantitative estimate of drug-likeness (QED) is 0.417. The fraction of sp³-hybridized carbons (Fsp3) is 0.286. The molecule has 1 aromatic heterocycles. The average Bonchev–Trinajstić information content (AvgIpc) is 2.29. The van der Waals surface area contributed by atoms with Gasteiger partial charge in [-0.05, 0) is 0 Å². The normalized spacial score (nSPS) is 10.1. The first kappa shape index (κ1) is 9.73. The topological polar surface area (TPSA) is 65.1 Å². The van der Waals surface area contributed by atoms with Gasteiger partial charge >= 0.3 is 5.69 Å². The van der Waals surface area contributed by atoms with Crippen LogP contribution < -0.4 is 0 Å². The maximum absolute atomic E-state index is 11.0. The Labute approximate surface area is 79.1 Å². The number of hydrogen-bond acceptors (Lipinski definition) is 3. The van der Waals surface area contributed by atoms with Gasteiger partial charge < -0.3 is 4.57 Å². The summed E-state index contributed by atoms with van der Waals surface area (Å²) in [6, 6.07) is 1.17. The number of halogens is 1. The van der Waals surface area contributed by atoms with Crippen LogP contribution in [-0.4, -0.2) is 15.3 Å². The summed E-state index contributed by atoms with van der Waals surface area (Å²) in [6.07, 6.45) is 0. The van der Waals surface area contributed by atoms with Gasteiger partial charge in [-0.25, -0.2) is 0 Å². The van der Waals surface area contributed by atoms with Gasteiger partial charge in [0.25, 0.3) is 0 Å². The van der Waals surface area contributed by atoms with Crippen LogP contribution in [0.25, 0.3) is 0 Å². The maximum atomic E-state index is 11.0. The molecule has 0 N–H and O–H groups in total. The first-order chi connectivity index (χ1) is 5.95. The molecule has 70 valence electrons. The molecule has 0 radical (unpaired) electrons. The van der Waals surface area contributed by atoms with E-state index in [1.165, 1.54) is 24.6 Å². The minimum Gasteiger partial charge on any atom is -0.326 e. The van der Waals surface area contributed by atoms with Gasteiger partial charge in [-0.2, -0.15) is 0 Å². The lowest BCUT2D eigenvalue weighted by Crippen LogP contribution is -2.00. The zero-order valence-corrected chi connectivity index (χ0v) is 7.83. The smallest absolute Gasteiger partial charge is 0.306 e. The van der Waals surface area contributed by atoms with E-state index in [0.717, 1.165) is 0 Å². The van der Waals surface area contributed by atoms with Crippen molar-refractivity contribution in [2.45, 2.75) is 6.92 Å². The second-order valence-electron chi connectivity index (χ2n) is 2.58. The van der Waals surface area contributed by atoms with E-state index < -0.39 is 4.92 Å². The van der Waals surface area contributed by atoms with Crippen LogP contribution in [-0.2, 0) is 7.05 Å². The molecule has 0 saturated carbocycles. The summed E-state index contributed by atoms with van der Waals surface area (Å²) in [5.74, 6) is -0.252. The molecule has 1 aromatic rings. The second kappa shape index (κ2) is 3.18. The van der Waals surface area contributed by atoms with Crippen LogP contribution in [0.1, 0.15) is 17.4 Å². The highest BCUT2D eigenvalue weighted by Gasteiger charge is 2.21. The van der Waals surface area contributed by atoms with Gasteiger partial charge in [0, 0.05) is 20.0 Å². The lowest BCUT2D eigenvalue weighted by Gasteiger charge is -1.96. The minimum absolute atomic E-state index is 0.0322. The number of rotatable bonds is 2. The Morgan fingerprint density at radius 3 is 2.46 bits per heavy atom. The third-order valence-electron chi connectivity index (χ3n) is 1.70. The first-order valence-corrected chi connectivity index (χ1v) is 3.83. The van der Waals surface area contributed by atoms with E-state index in [9.17, 15) is 14.9 Å². The van der Waals surface area contributed by atoms with Crippen LogP contribution in [0.4, 0.5) is 5.69 Å².